The van der Waals surface area contributed by atoms with Crippen molar-refractivity contribution in [2.45, 2.75) is 98.8 Å². The topological polar surface area (TPSA) is 172 Å². The second kappa shape index (κ2) is 30.9. The van der Waals surface area contributed by atoms with E-state index in [2.05, 4.69) is 38.4 Å². The summed E-state index contributed by atoms with van der Waals surface area (Å²) in [6.07, 6.45) is 5.53. The van der Waals surface area contributed by atoms with Crippen LogP contribution in [-0.4, -0.2) is 142 Å². The molecule has 0 fully saturated rings. The molecule has 0 saturated heterocycles. The van der Waals surface area contributed by atoms with Gasteiger partial charge in [0.05, 0.1) is 0 Å². The van der Waals surface area contributed by atoms with E-state index < -0.39 is 0 Å². The lowest BCUT2D eigenvalue weighted by atomic mass is 10.2. The van der Waals surface area contributed by atoms with Crippen LogP contribution in [0.1, 0.15) is 98.8 Å². The Labute approximate surface area is 295 Å². The highest BCUT2D eigenvalue weighted by molar-refractivity contribution is 5.78. The molecule has 14 heteroatoms. The summed E-state index contributed by atoms with van der Waals surface area (Å²) in [5.41, 5.74) is 0. The molecule has 14 nitrogen and oxygen atoms in total. The maximum atomic E-state index is 12.7. The van der Waals surface area contributed by atoms with Crippen molar-refractivity contribution >= 4 is 35.3 Å². The molecule has 0 aromatic heterocycles. The fourth-order valence-electron chi connectivity index (χ4n) is 4.88. The fourth-order valence-corrected chi connectivity index (χ4v) is 4.88. The normalized spacial score (nSPS) is 11.1. The molecule has 0 aromatic carbocycles. The summed E-state index contributed by atoms with van der Waals surface area (Å²) in [6.45, 7) is 17.4. The molecule has 0 saturated carbocycles. The van der Waals surface area contributed by atoms with E-state index in [9.17, 15) is 28.8 Å². The minimum atomic E-state index is -0.0825. The minimum Gasteiger partial charge on any atom is -0.356 e. The first-order valence-electron chi connectivity index (χ1n) is 18.5. The molecule has 0 aliphatic rings. The molecule has 0 aliphatic carbocycles. The van der Waals surface area contributed by atoms with E-state index in [1.54, 1.807) is 6.92 Å². The van der Waals surface area contributed by atoms with Crippen LogP contribution in [0.3, 0.4) is 0 Å². The molecule has 49 heavy (non-hydrogen) atoms. The van der Waals surface area contributed by atoms with Gasteiger partial charge in [0.15, 0.2) is 0 Å². The van der Waals surface area contributed by atoms with Crippen molar-refractivity contribution in [3.05, 3.63) is 0 Å². The van der Waals surface area contributed by atoms with Gasteiger partial charge >= 0.3 is 0 Å². The molecule has 5 amide bonds. The number of carbonyl (C=O) groups excluding carboxylic acids is 6. The van der Waals surface area contributed by atoms with Gasteiger partial charge in [0, 0.05) is 124 Å². The quantitative estimate of drug-likeness (QED) is 0.0690. The number of amides is 5. The van der Waals surface area contributed by atoms with Gasteiger partial charge in [-0.1, -0.05) is 27.7 Å². The number of rotatable bonds is 32. The summed E-state index contributed by atoms with van der Waals surface area (Å²) < 4.78 is 0. The zero-order chi connectivity index (χ0) is 36.7. The molecule has 0 bridgehead atoms. The molecule has 0 aliphatic heterocycles. The van der Waals surface area contributed by atoms with Crippen LogP contribution in [0.25, 0.3) is 0 Å². The Morgan fingerprint density at radius 1 is 0.347 bits per heavy atom. The van der Waals surface area contributed by atoms with E-state index >= 15 is 0 Å². The molecular weight excluding hydrogens is 628 g/mol. The smallest absolute Gasteiger partial charge is 0.221 e. The molecule has 0 rings (SSSR count). The summed E-state index contributed by atoms with van der Waals surface area (Å²) in [7, 11) is 0. The Morgan fingerprint density at radius 2 is 0.612 bits per heavy atom. The maximum absolute atomic E-state index is 12.7. The van der Waals surface area contributed by atoms with Gasteiger partial charge in [0.25, 0.3) is 0 Å². The first-order valence-corrected chi connectivity index (χ1v) is 18.5. The largest absolute Gasteiger partial charge is 0.356 e. The molecule has 0 radical (unpaired) electrons. The maximum Gasteiger partial charge on any atom is 0.221 e. The molecule has 0 atom stereocenters. The predicted octanol–water partition coefficient (Wildman–Crippen LogP) is 1.04. The molecule has 0 unspecified atom stereocenters. The summed E-state index contributed by atoms with van der Waals surface area (Å²) in [5, 5.41) is 14.5. The number of hydrogen-bond donors (Lipinski definition) is 5. The van der Waals surface area contributed by atoms with E-state index in [1.807, 2.05) is 30.6 Å². The SMILES string of the molecule is CCCNC(=O)CCN(CCNC(=O)CCN(CCC)CCC(=O)NCCN(CCC(=O)NCCC)CCC(=O)NCCC)CCC(C)=O. The second-order valence-corrected chi connectivity index (χ2v) is 12.5. The average molecular weight is 697 g/mol. The minimum absolute atomic E-state index is 0.0161. The van der Waals surface area contributed by atoms with E-state index in [0.29, 0.717) is 124 Å². The number of nitrogens with zero attached hydrogens (tertiary/aromatic N) is 3. The van der Waals surface area contributed by atoms with Crippen LogP contribution in [-0.2, 0) is 28.8 Å². The van der Waals surface area contributed by atoms with Crippen LogP contribution >= 0.6 is 0 Å². The van der Waals surface area contributed by atoms with Crippen molar-refractivity contribution in [2.24, 2.45) is 0 Å². The highest BCUT2D eigenvalue weighted by atomic mass is 16.2. The Bertz CT molecular complexity index is 927. The summed E-state index contributed by atoms with van der Waals surface area (Å²) in [4.78, 5) is 79.2. The lowest BCUT2D eigenvalue weighted by molar-refractivity contribution is -0.123. The van der Waals surface area contributed by atoms with Crippen LogP contribution in [0.2, 0.25) is 0 Å². The van der Waals surface area contributed by atoms with Crippen molar-refractivity contribution in [2.75, 3.05) is 91.6 Å². The van der Waals surface area contributed by atoms with Crippen molar-refractivity contribution in [3.8, 4) is 0 Å². The average Bonchev–Trinajstić information content (AvgIpc) is 3.08. The molecule has 0 spiro atoms. The van der Waals surface area contributed by atoms with Gasteiger partial charge in [-0.3, -0.25) is 28.8 Å². The zero-order valence-electron chi connectivity index (χ0n) is 31.3. The van der Waals surface area contributed by atoms with Crippen LogP contribution in [0.5, 0.6) is 0 Å². The van der Waals surface area contributed by atoms with Crippen LogP contribution in [0.4, 0.5) is 0 Å². The number of ketones is 1. The van der Waals surface area contributed by atoms with Crippen molar-refractivity contribution < 1.29 is 28.8 Å². The number of carbonyl (C=O) groups is 6. The highest BCUT2D eigenvalue weighted by Crippen LogP contribution is 2.00. The lowest BCUT2D eigenvalue weighted by Crippen LogP contribution is -2.40. The van der Waals surface area contributed by atoms with Crippen molar-refractivity contribution in [1.29, 1.82) is 0 Å². The molecule has 284 valence electrons. The predicted molar refractivity (Wildman–Crippen MR) is 194 cm³/mol. The second-order valence-electron chi connectivity index (χ2n) is 12.5. The molecule has 0 heterocycles. The van der Waals surface area contributed by atoms with E-state index in [1.165, 1.54) is 0 Å². The summed E-state index contributed by atoms with van der Waals surface area (Å²) in [6, 6.07) is 0. The van der Waals surface area contributed by atoms with E-state index in [0.717, 1.165) is 32.2 Å². The first kappa shape index (κ1) is 45.9. The number of Topliss-reactive ketones (excluding diaryl/α,β-unsaturated/α-hetero) is 1. The monoisotopic (exact) mass is 697 g/mol. The van der Waals surface area contributed by atoms with Gasteiger partial charge in [-0.05, 0) is 39.2 Å². The molecule has 0 aromatic rings. The third-order valence-corrected chi connectivity index (χ3v) is 7.81. The number of hydrogen-bond acceptors (Lipinski definition) is 9. The first-order chi connectivity index (χ1) is 23.5. The van der Waals surface area contributed by atoms with Crippen LogP contribution < -0.4 is 26.6 Å². The van der Waals surface area contributed by atoms with Gasteiger partial charge in [0.1, 0.15) is 5.78 Å². The Hall–Kier alpha value is -3.10. The Balaban J connectivity index is 4.66. The van der Waals surface area contributed by atoms with Crippen molar-refractivity contribution in [1.82, 2.24) is 41.3 Å². The van der Waals surface area contributed by atoms with Gasteiger partial charge in [-0.25, -0.2) is 0 Å². The van der Waals surface area contributed by atoms with Crippen LogP contribution in [0, 0.1) is 0 Å². The van der Waals surface area contributed by atoms with E-state index in [-0.39, 0.29) is 35.3 Å². The third-order valence-electron chi connectivity index (χ3n) is 7.81. The van der Waals surface area contributed by atoms with E-state index in [4.69, 9.17) is 0 Å². The van der Waals surface area contributed by atoms with Gasteiger partial charge in [0.2, 0.25) is 29.5 Å². The lowest BCUT2D eigenvalue weighted by Gasteiger charge is -2.23. The van der Waals surface area contributed by atoms with Crippen molar-refractivity contribution in [3.63, 3.8) is 0 Å². The fraction of sp³-hybridized carbons (Fsp3) is 0.829. The molecule has 5 N–H and O–H groups in total. The molecular formula is C35H68N8O6. The Kier molecular flexibility index (Phi) is 29.0. The van der Waals surface area contributed by atoms with Gasteiger partial charge < -0.3 is 41.3 Å². The highest BCUT2D eigenvalue weighted by Gasteiger charge is 2.14. The number of nitrogens with one attached hydrogen (secondary N) is 5. The zero-order valence-corrected chi connectivity index (χ0v) is 31.3. The summed E-state index contributed by atoms with van der Waals surface area (Å²) in [5.74, 6) is -0.135. The van der Waals surface area contributed by atoms with Gasteiger partial charge in [-0.2, -0.15) is 0 Å². The summed E-state index contributed by atoms with van der Waals surface area (Å²) >= 11 is 0. The Morgan fingerprint density at radius 3 is 0.878 bits per heavy atom. The third kappa shape index (κ3) is 28.4. The van der Waals surface area contributed by atoms with Gasteiger partial charge in [-0.15, -0.1) is 0 Å². The van der Waals surface area contributed by atoms with Crippen LogP contribution in [0.15, 0.2) is 0 Å². The standard InChI is InChI=1S/C35H68N8O6/c1-6-16-36-31(45)13-25-42(22-10-30(5)44)28-19-39-34(48)11-23-41(21-9-4)24-12-35(49)40-20-29-43(26-14-32(46)37-17-7-2)27-15-33(47)38-18-8-3/h6-29H2,1-5H3,(H,36,45)(H,37,46)(H,38,47)(H,39,48)(H,40,49).